The number of carboxylic acids is 1. The number of carbonyl (C=O) groups is 1. The number of aliphatic carboxylic acids is 1. The molecule has 1 atom stereocenters. The molecule has 0 aromatic rings. The zero-order chi connectivity index (χ0) is 14.6. The first-order chi connectivity index (χ1) is 7.83. The average molecular weight is 345 g/mol. The molecule has 0 amide bonds. The van der Waals surface area contributed by atoms with Gasteiger partial charge in [0.25, 0.3) is 0 Å². The summed E-state index contributed by atoms with van der Waals surface area (Å²) in [7, 11) is -4.63. The minimum atomic E-state index is -4.63. The molecule has 0 bridgehead atoms. The van der Waals surface area contributed by atoms with Crippen LogP contribution >= 0.6 is 42.4 Å². The van der Waals surface area contributed by atoms with Gasteiger partial charge in [-0.2, -0.15) is 0 Å². The molecule has 0 aliphatic carbocycles. The largest absolute Gasteiger partial charge is 0.632 e. The fraction of sp³-hybridized carbons (Fsp3) is 0.857. The van der Waals surface area contributed by atoms with Gasteiger partial charge in [0.05, 0.1) is 6.54 Å². The SMILES string of the molecule is O=C(O)C[N+]([O-])(CCCC(Cl)(Cl)Cl)CP(=O)(O)O. The fourth-order valence-corrected chi connectivity index (χ4v) is 2.66. The number of hydroxylamine groups is 3. The van der Waals surface area contributed by atoms with E-state index in [9.17, 15) is 14.6 Å². The van der Waals surface area contributed by atoms with Crippen molar-refractivity contribution in [1.29, 1.82) is 0 Å². The second kappa shape index (κ2) is 6.72. The number of carboxylic acid groups (broad SMARTS) is 1. The molecule has 0 aliphatic heterocycles. The Labute approximate surface area is 119 Å². The lowest BCUT2D eigenvalue weighted by Gasteiger charge is -2.41. The topological polar surface area (TPSA) is 118 Å². The molecule has 11 heteroatoms. The van der Waals surface area contributed by atoms with Gasteiger partial charge in [0, 0.05) is 6.42 Å². The Morgan fingerprint density at radius 2 is 1.83 bits per heavy atom. The van der Waals surface area contributed by atoms with E-state index in [0.29, 0.717) is 0 Å². The molecule has 0 aromatic carbocycles. The van der Waals surface area contributed by atoms with Crippen LogP contribution < -0.4 is 0 Å². The molecule has 0 saturated heterocycles. The van der Waals surface area contributed by atoms with Crippen molar-refractivity contribution < 1.29 is 28.9 Å². The minimum Gasteiger partial charge on any atom is -0.632 e. The molecule has 1 unspecified atom stereocenters. The van der Waals surface area contributed by atoms with E-state index in [-0.39, 0.29) is 19.4 Å². The normalized spacial score (nSPS) is 16.3. The van der Waals surface area contributed by atoms with Crippen molar-refractivity contribution in [3.63, 3.8) is 0 Å². The summed E-state index contributed by atoms with van der Waals surface area (Å²) in [5, 5.41) is 20.5. The Morgan fingerprint density at radius 3 is 2.17 bits per heavy atom. The zero-order valence-corrected chi connectivity index (χ0v) is 12.3. The van der Waals surface area contributed by atoms with Crippen LogP contribution in [0.5, 0.6) is 0 Å². The van der Waals surface area contributed by atoms with Gasteiger partial charge in [0.15, 0.2) is 16.6 Å². The molecule has 0 saturated carbocycles. The summed E-state index contributed by atoms with van der Waals surface area (Å²) in [6.07, 6.45) is -1.09. The molecule has 0 spiro atoms. The van der Waals surface area contributed by atoms with Crippen LogP contribution in [0.15, 0.2) is 0 Å². The first-order valence-electron chi connectivity index (χ1n) is 4.73. The van der Waals surface area contributed by atoms with Crippen molar-refractivity contribution >= 4 is 48.4 Å². The van der Waals surface area contributed by atoms with Crippen LogP contribution in [0.1, 0.15) is 12.8 Å². The third-order valence-corrected chi connectivity index (χ3v) is 3.34. The lowest BCUT2D eigenvalue weighted by molar-refractivity contribution is -0.863. The molecular weight excluding hydrogens is 331 g/mol. The lowest BCUT2D eigenvalue weighted by Crippen LogP contribution is -2.47. The smallest absolute Gasteiger partial charge is 0.379 e. The molecule has 0 rings (SSSR count). The van der Waals surface area contributed by atoms with Crippen molar-refractivity contribution in [2.75, 3.05) is 19.4 Å². The van der Waals surface area contributed by atoms with Gasteiger partial charge in [0.1, 0.15) is 0 Å². The monoisotopic (exact) mass is 343 g/mol. The standard InChI is InChI=1S/C7H13Cl3NO6P/c8-7(9,10)2-1-3-11(14,4-6(12)13)5-18(15,16)17/h1-5H2,(H,12,13)(H2,15,16,17). The molecular formula is C7H13Cl3NO6P. The summed E-state index contributed by atoms with van der Waals surface area (Å²) in [6, 6.07) is 0. The number of nitrogens with zero attached hydrogens (tertiary/aromatic N) is 1. The van der Waals surface area contributed by atoms with Gasteiger partial charge in [-0.05, 0) is 6.42 Å². The van der Waals surface area contributed by atoms with E-state index in [1.54, 1.807) is 0 Å². The fourth-order valence-electron chi connectivity index (χ4n) is 1.35. The van der Waals surface area contributed by atoms with Crippen LogP contribution in [0.2, 0.25) is 0 Å². The van der Waals surface area contributed by atoms with Crippen molar-refractivity contribution in [2.24, 2.45) is 0 Å². The van der Waals surface area contributed by atoms with Crippen LogP contribution in [0.4, 0.5) is 0 Å². The predicted molar refractivity (Wildman–Crippen MR) is 67.4 cm³/mol. The summed E-state index contributed by atoms with van der Waals surface area (Å²) in [6.45, 7) is -1.31. The van der Waals surface area contributed by atoms with Crippen molar-refractivity contribution in [3.05, 3.63) is 5.21 Å². The number of hydrogen-bond donors (Lipinski definition) is 3. The Hall–Kier alpha value is 0.410. The quantitative estimate of drug-likeness (QED) is 0.280. The second-order valence-electron chi connectivity index (χ2n) is 3.86. The van der Waals surface area contributed by atoms with Gasteiger partial charge in [-0.15, -0.1) is 0 Å². The summed E-state index contributed by atoms with van der Waals surface area (Å²) in [5.74, 6) is -1.45. The number of quaternary nitrogens is 1. The summed E-state index contributed by atoms with van der Waals surface area (Å²) >= 11 is 16.4. The van der Waals surface area contributed by atoms with Crippen LogP contribution in [-0.2, 0) is 9.36 Å². The maximum atomic E-state index is 11.9. The van der Waals surface area contributed by atoms with Gasteiger partial charge in [-0.1, -0.05) is 34.8 Å². The highest BCUT2D eigenvalue weighted by Gasteiger charge is 2.31. The first-order valence-corrected chi connectivity index (χ1v) is 7.66. The van der Waals surface area contributed by atoms with Crippen LogP contribution in [0, 0.1) is 5.21 Å². The van der Waals surface area contributed by atoms with Crippen molar-refractivity contribution in [1.82, 2.24) is 0 Å². The lowest BCUT2D eigenvalue weighted by atomic mass is 10.3. The molecule has 3 N–H and O–H groups in total. The minimum absolute atomic E-state index is 0.0132. The highest BCUT2D eigenvalue weighted by molar-refractivity contribution is 7.51. The van der Waals surface area contributed by atoms with Gasteiger partial charge in [-0.25, -0.2) is 4.79 Å². The van der Waals surface area contributed by atoms with Crippen molar-refractivity contribution in [3.8, 4) is 0 Å². The third-order valence-electron chi connectivity index (χ3n) is 1.89. The molecule has 0 aromatic heterocycles. The third kappa shape index (κ3) is 10.3. The number of rotatable bonds is 7. The molecule has 0 fully saturated rings. The molecule has 0 aliphatic rings. The number of alkyl halides is 3. The molecule has 0 heterocycles. The Morgan fingerprint density at radius 1 is 1.33 bits per heavy atom. The predicted octanol–water partition coefficient (Wildman–Crippen LogP) is 1.67. The summed E-state index contributed by atoms with van der Waals surface area (Å²) in [5.41, 5.74) is 0. The molecule has 0 radical (unpaired) electrons. The van der Waals surface area contributed by atoms with E-state index in [4.69, 9.17) is 49.7 Å². The summed E-state index contributed by atoms with van der Waals surface area (Å²) < 4.78 is 7.65. The Bertz CT molecular complexity index is 343. The number of halogens is 3. The second-order valence-corrected chi connectivity index (χ2v) is 7.99. The molecule has 7 nitrogen and oxygen atoms in total. The van der Waals surface area contributed by atoms with E-state index < -0.39 is 34.8 Å². The Kier molecular flexibility index (Phi) is 6.87. The summed E-state index contributed by atoms with van der Waals surface area (Å²) in [4.78, 5) is 28.0. The van der Waals surface area contributed by atoms with E-state index in [1.807, 2.05) is 0 Å². The highest BCUT2D eigenvalue weighted by Crippen LogP contribution is 2.38. The zero-order valence-electron chi connectivity index (χ0n) is 9.13. The van der Waals surface area contributed by atoms with Crippen LogP contribution in [-0.4, -0.2) is 48.7 Å². The maximum absolute atomic E-state index is 11.9. The Balaban J connectivity index is 4.58. The molecule has 108 valence electrons. The maximum Gasteiger partial charge on any atom is 0.379 e. The van der Waals surface area contributed by atoms with Gasteiger partial charge >= 0.3 is 13.6 Å². The average Bonchev–Trinajstić information content (AvgIpc) is 1.93. The van der Waals surface area contributed by atoms with E-state index in [2.05, 4.69) is 0 Å². The van der Waals surface area contributed by atoms with E-state index in [1.165, 1.54) is 0 Å². The number of hydrogen-bond acceptors (Lipinski definition) is 3. The van der Waals surface area contributed by atoms with Crippen LogP contribution in [0.25, 0.3) is 0 Å². The van der Waals surface area contributed by atoms with Crippen LogP contribution in [0.3, 0.4) is 0 Å². The highest BCUT2D eigenvalue weighted by atomic mass is 35.6. The molecule has 18 heavy (non-hydrogen) atoms. The van der Waals surface area contributed by atoms with Crippen molar-refractivity contribution in [2.45, 2.75) is 16.6 Å². The van der Waals surface area contributed by atoms with E-state index >= 15 is 0 Å². The van der Waals surface area contributed by atoms with Gasteiger partial charge in [0.2, 0.25) is 0 Å². The van der Waals surface area contributed by atoms with E-state index in [0.717, 1.165) is 0 Å². The van der Waals surface area contributed by atoms with Gasteiger partial charge in [-0.3, -0.25) is 4.57 Å². The van der Waals surface area contributed by atoms with Gasteiger partial charge < -0.3 is 24.7 Å². The first kappa shape index (κ1) is 18.4.